The Morgan fingerprint density at radius 1 is 1.06 bits per heavy atom. The third kappa shape index (κ3) is 7.88. The molecule has 2 saturated heterocycles. The van der Waals surface area contributed by atoms with Gasteiger partial charge in [0.05, 0.1) is 41.3 Å². The molecule has 2 aromatic carbocycles. The number of anilines is 2. The van der Waals surface area contributed by atoms with Gasteiger partial charge in [-0.3, -0.25) is 19.3 Å². The number of hydrogen-bond donors (Lipinski definition) is 5. The molecule has 0 aliphatic carbocycles. The van der Waals surface area contributed by atoms with Crippen LogP contribution in [0.15, 0.2) is 60.1 Å². The molecule has 5 N–H and O–H groups in total. The summed E-state index contributed by atoms with van der Waals surface area (Å²) in [4.78, 5) is 52.6. The number of aromatic nitrogens is 3. The van der Waals surface area contributed by atoms with E-state index in [1.807, 2.05) is 69.6 Å². The van der Waals surface area contributed by atoms with Gasteiger partial charge in [-0.1, -0.05) is 57.2 Å². The molecule has 1 unspecified atom stereocenters. The molecule has 7 rings (SSSR count). The number of piperazine rings is 1. The number of carbonyl (C=O) groups is 3. The van der Waals surface area contributed by atoms with Crippen LogP contribution in [0.5, 0.6) is 5.75 Å². The number of benzene rings is 2. The number of likely N-dealkylation sites (tertiary alicyclic amines) is 1. The summed E-state index contributed by atoms with van der Waals surface area (Å²) in [5, 5.41) is 39.0. The Labute approximate surface area is 318 Å². The predicted molar refractivity (Wildman–Crippen MR) is 207 cm³/mol. The maximum atomic E-state index is 14.1. The summed E-state index contributed by atoms with van der Waals surface area (Å²) in [7, 11) is 0. The van der Waals surface area contributed by atoms with E-state index in [1.54, 1.807) is 29.5 Å². The highest BCUT2D eigenvalue weighted by Gasteiger charge is 2.45. The number of aromatic hydroxyl groups is 1. The number of amides is 3. The van der Waals surface area contributed by atoms with Crippen molar-refractivity contribution < 1.29 is 24.6 Å². The topological polar surface area (TPSA) is 176 Å². The zero-order valence-electron chi connectivity index (χ0n) is 31.0. The molecule has 3 aliphatic heterocycles. The Kier molecular flexibility index (Phi) is 10.6. The Balaban J connectivity index is 0.961. The summed E-state index contributed by atoms with van der Waals surface area (Å²) in [6.45, 7) is 10.5. The third-order valence-electron chi connectivity index (χ3n) is 10.4. The second kappa shape index (κ2) is 15.3. The SMILES string of the molecule is Cc1scnc1-c1ccc(CNC(=O)[C@@H]2C[C@@H](O)CN2C(=O)[C@@H](NC(=O)CN2CCN3c4cc(-c5ccccc5O)nnc4NCC3C2)C(C)(C)C)cc1. The van der Waals surface area contributed by atoms with Crippen LogP contribution in [-0.2, 0) is 20.9 Å². The highest BCUT2D eigenvalue weighted by Crippen LogP contribution is 2.36. The van der Waals surface area contributed by atoms with Crippen LogP contribution in [0.4, 0.5) is 11.5 Å². The van der Waals surface area contributed by atoms with Crippen LogP contribution < -0.4 is 20.9 Å². The number of rotatable bonds is 9. The summed E-state index contributed by atoms with van der Waals surface area (Å²) in [6.07, 6.45) is -0.736. The van der Waals surface area contributed by atoms with Crippen LogP contribution in [0.25, 0.3) is 22.5 Å². The Hall–Kier alpha value is -5.12. The number of para-hydroxylation sites is 1. The highest BCUT2D eigenvalue weighted by atomic mass is 32.1. The molecule has 2 aromatic heterocycles. The molecule has 0 bridgehead atoms. The predicted octanol–water partition coefficient (Wildman–Crippen LogP) is 3.01. The normalized spacial score (nSPS) is 20.4. The van der Waals surface area contributed by atoms with E-state index in [-0.39, 0.29) is 49.7 Å². The molecule has 0 saturated carbocycles. The van der Waals surface area contributed by atoms with Gasteiger partial charge in [0, 0.05) is 61.7 Å². The summed E-state index contributed by atoms with van der Waals surface area (Å²) in [5.74, 6) is -0.217. The second-order valence-electron chi connectivity index (χ2n) is 15.4. The minimum absolute atomic E-state index is 0.00908. The van der Waals surface area contributed by atoms with Crippen LogP contribution >= 0.6 is 11.3 Å². The minimum atomic E-state index is -0.914. The van der Waals surface area contributed by atoms with Crippen molar-refractivity contribution in [2.75, 3.05) is 49.5 Å². The molecule has 0 radical (unpaired) electrons. The standard InChI is InChI=1S/C39H47N9O5S/c1-23-34(42-22-54-23)25-11-9-24(10-12-25)17-41-37(52)31-15-27(49)20-48(31)38(53)35(39(2,3)4)43-33(51)21-46-13-14-47-26(19-46)18-40-36-30(47)16-29(44-45-36)28-7-5-6-8-32(28)50/h5-12,16,22,26-27,31,35,49-50H,13-15,17-21H2,1-4H3,(H,40,45)(H,41,52)(H,43,51)/t26?,27-,31+,35-/m1/s1. The first-order valence-electron chi connectivity index (χ1n) is 18.3. The molecule has 2 fully saturated rings. The zero-order valence-corrected chi connectivity index (χ0v) is 31.8. The van der Waals surface area contributed by atoms with Gasteiger partial charge in [-0.25, -0.2) is 4.98 Å². The Morgan fingerprint density at radius 3 is 2.56 bits per heavy atom. The van der Waals surface area contributed by atoms with Gasteiger partial charge in [0.2, 0.25) is 17.7 Å². The van der Waals surface area contributed by atoms with E-state index in [9.17, 15) is 24.6 Å². The van der Waals surface area contributed by atoms with Gasteiger partial charge < -0.3 is 36.0 Å². The average molecular weight is 754 g/mol. The number of aryl methyl sites for hydroxylation is 1. The van der Waals surface area contributed by atoms with Crippen LogP contribution in [-0.4, -0.2) is 116 Å². The van der Waals surface area contributed by atoms with Gasteiger partial charge in [0.25, 0.3) is 0 Å². The van der Waals surface area contributed by atoms with Gasteiger partial charge in [-0.2, -0.15) is 0 Å². The molecule has 0 spiro atoms. The molecule has 3 aliphatic rings. The fourth-order valence-corrected chi connectivity index (χ4v) is 8.12. The van der Waals surface area contributed by atoms with Gasteiger partial charge in [0.1, 0.15) is 17.8 Å². The molecular formula is C39H47N9O5S. The lowest BCUT2D eigenvalue weighted by Gasteiger charge is -2.45. The number of nitrogens with one attached hydrogen (secondary N) is 3. The number of hydrogen-bond acceptors (Lipinski definition) is 12. The summed E-state index contributed by atoms with van der Waals surface area (Å²) in [6, 6.07) is 15.1. The fraction of sp³-hybridized carbons (Fsp3) is 0.436. The number of phenolic OH excluding ortho intramolecular Hbond substituents is 1. The third-order valence-corrected chi connectivity index (χ3v) is 11.2. The molecule has 15 heteroatoms. The number of nitrogens with zero attached hydrogens (tertiary/aromatic N) is 6. The van der Waals surface area contributed by atoms with E-state index >= 15 is 0 Å². The second-order valence-corrected chi connectivity index (χ2v) is 16.4. The Morgan fingerprint density at radius 2 is 1.83 bits per heavy atom. The molecule has 4 atom stereocenters. The summed E-state index contributed by atoms with van der Waals surface area (Å²) in [5.41, 5.74) is 6.07. The maximum absolute atomic E-state index is 14.1. The van der Waals surface area contributed by atoms with Crippen molar-refractivity contribution in [2.45, 2.75) is 64.9 Å². The number of β-amino-alcohol motifs (C(OH)–C–C–N with tert-alkyl or cyclic N) is 1. The lowest BCUT2D eigenvalue weighted by molar-refractivity contribution is -0.144. The zero-order chi connectivity index (χ0) is 38.1. The molecule has 4 aromatic rings. The quantitative estimate of drug-likeness (QED) is 0.170. The van der Waals surface area contributed by atoms with E-state index in [1.165, 1.54) is 4.90 Å². The number of phenols is 1. The van der Waals surface area contributed by atoms with Crippen LogP contribution in [0.3, 0.4) is 0 Å². The first kappa shape index (κ1) is 37.2. The van der Waals surface area contributed by atoms with E-state index in [2.05, 4.69) is 40.9 Å². The number of aliphatic hydroxyl groups excluding tert-OH is 1. The first-order valence-corrected chi connectivity index (χ1v) is 19.2. The molecule has 284 valence electrons. The smallest absolute Gasteiger partial charge is 0.246 e. The van der Waals surface area contributed by atoms with Crippen molar-refractivity contribution in [1.82, 2.24) is 35.6 Å². The average Bonchev–Trinajstić information content (AvgIpc) is 3.77. The van der Waals surface area contributed by atoms with Crippen molar-refractivity contribution in [3.63, 3.8) is 0 Å². The largest absolute Gasteiger partial charge is 0.507 e. The van der Waals surface area contributed by atoms with Crippen molar-refractivity contribution in [2.24, 2.45) is 5.41 Å². The summed E-state index contributed by atoms with van der Waals surface area (Å²) >= 11 is 1.59. The van der Waals surface area contributed by atoms with Crippen molar-refractivity contribution in [3.05, 3.63) is 70.5 Å². The first-order chi connectivity index (χ1) is 25.9. The maximum Gasteiger partial charge on any atom is 0.246 e. The van der Waals surface area contributed by atoms with E-state index in [4.69, 9.17) is 0 Å². The van der Waals surface area contributed by atoms with Crippen molar-refractivity contribution in [3.8, 4) is 28.3 Å². The highest BCUT2D eigenvalue weighted by molar-refractivity contribution is 7.10. The van der Waals surface area contributed by atoms with Crippen LogP contribution in [0.2, 0.25) is 0 Å². The van der Waals surface area contributed by atoms with Crippen molar-refractivity contribution in [1.29, 1.82) is 0 Å². The lowest BCUT2D eigenvalue weighted by atomic mass is 9.85. The lowest BCUT2D eigenvalue weighted by Crippen LogP contribution is -2.61. The number of aliphatic hydroxyl groups is 1. The molecule has 54 heavy (non-hydrogen) atoms. The van der Waals surface area contributed by atoms with E-state index in [0.29, 0.717) is 43.3 Å². The number of fused-ring (bicyclic) bond motifs is 3. The monoisotopic (exact) mass is 753 g/mol. The van der Waals surface area contributed by atoms with Crippen LogP contribution in [0.1, 0.15) is 37.6 Å². The van der Waals surface area contributed by atoms with Gasteiger partial charge >= 0.3 is 0 Å². The Bertz CT molecular complexity index is 2020. The summed E-state index contributed by atoms with van der Waals surface area (Å²) < 4.78 is 0. The molecule has 5 heterocycles. The van der Waals surface area contributed by atoms with Gasteiger partial charge in [-0.15, -0.1) is 21.5 Å². The van der Waals surface area contributed by atoms with Crippen LogP contribution in [0, 0.1) is 12.3 Å². The van der Waals surface area contributed by atoms with E-state index in [0.717, 1.165) is 27.4 Å². The van der Waals surface area contributed by atoms with E-state index < -0.39 is 29.5 Å². The minimum Gasteiger partial charge on any atom is -0.507 e. The number of carbonyl (C=O) groups excluding carboxylic acids is 3. The molecule has 3 amide bonds. The van der Waals surface area contributed by atoms with Gasteiger partial charge in [-0.05, 0) is 36.1 Å². The fourth-order valence-electron chi connectivity index (χ4n) is 7.52. The van der Waals surface area contributed by atoms with Gasteiger partial charge in [0.15, 0.2) is 5.82 Å². The number of thiazole rings is 1. The molecular weight excluding hydrogens is 707 g/mol. The molecule has 14 nitrogen and oxygen atoms in total. The van der Waals surface area contributed by atoms with Crippen molar-refractivity contribution >= 4 is 40.6 Å².